The number of nitrogens with two attached hydrogens (primary N) is 2. The van der Waals surface area contributed by atoms with Crippen molar-refractivity contribution in [2.45, 2.75) is 18.9 Å². The summed E-state index contributed by atoms with van der Waals surface area (Å²) in [7, 11) is 0. The summed E-state index contributed by atoms with van der Waals surface area (Å²) in [5, 5.41) is 8.30. The summed E-state index contributed by atoms with van der Waals surface area (Å²) in [5.41, 5.74) is 10.2. The molecule has 0 aliphatic carbocycles. The second kappa shape index (κ2) is 4.81. The number of carboxylic acids is 1. The zero-order valence-corrected chi connectivity index (χ0v) is 5.66. The van der Waals surface area contributed by atoms with Crippen LogP contribution in [0.2, 0.25) is 0 Å². The zero-order chi connectivity index (χ0) is 7.98. The van der Waals surface area contributed by atoms with Crippen LogP contribution in [0.15, 0.2) is 12.3 Å². The van der Waals surface area contributed by atoms with Gasteiger partial charge in [-0.05, 0) is 19.0 Å². The normalized spacial score (nSPS) is 13.7. The third kappa shape index (κ3) is 3.91. The average Bonchev–Trinajstić information content (AvgIpc) is 1.88. The van der Waals surface area contributed by atoms with Crippen LogP contribution >= 0.6 is 0 Å². The van der Waals surface area contributed by atoms with Gasteiger partial charge in [0.2, 0.25) is 0 Å². The van der Waals surface area contributed by atoms with Crippen LogP contribution in [-0.4, -0.2) is 17.1 Å². The molecule has 0 aromatic heterocycles. The van der Waals surface area contributed by atoms with Gasteiger partial charge in [0.25, 0.3) is 0 Å². The Morgan fingerprint density at radius 1 is 1.70 bits per heavy atom. The van der Waals surface area contributed by atoms with Crippen LogP contribution in [0, 0.1) is 0 Å². The summed E-state index contributed by atoms with van der Waals surface area (Å²) in [6.45, 7) is 0. The number of aliphatic carboxylic acids is 1. The highest BCUT2D eigenvalue weighted by molar-refractivity contribution is 5.72. The van der Waals surface area contributed by atoms with Gasteiger partial charge in [-0.1, -0.05) is 6.08 Å². The maximum Gasteiger partial charge on any atom is 0.320 e. The molecule has 0 aliphatic heterocycles. The Balaban J connectivity index is 3.39. The number of hydrogen-bond acceptors (Lipinski definition) is 3. The molecule has 4 heteroatoms. The average molecular weight is 144 g/mol. The zero-order valence-electron chi connectivity index (χ0n) is 5.66. The van der Waals surface area contributed by atoms with Crippen molar-refractivity contribution in [1.82, 2.24) is 0 Å². The van der Waals surface area contributed by atoms with Crippen molar-refractivity contribution in [1.29, 1.82) is 0 Å². The number of carbonyl (C=O) groups is 1. The molecule has 0 bridgehead atoms. The first-order valence-corrected chi connectivity index (χ1v) is 3.03. The lowest BCUT2D eigenvalue weighted by molar-refractivity contribution is -0.138. The third-order valence-corrected chi connectivity index (χ3v) is 1.10. The van der Waals surface area contributed by atoms with Crippen LogP contribution in [0.5, 0.6) is 0 Å². The van der Waals surface area contributed by atoms with Gasteiger partial charge in [-0.25, -0.2) is 0 Å². The predicted octanol–water partition coefficient (Wildman–Crippen LogP) is -0.349. The number of allylic oxidation sites excluding steroid dienone is 1. The molecule has 1 unspecified atom stereocenters. The number of hydrogen-bond donors (Lipinski definition) is 3. The molecule has 0 heterocycles. The monoisotopic (exact) mass is 144 g/mol. The van der Waals surface area contributed by atoms with E-state index in [1.54, 1.807) is 6.08 Å². The summed E-state index contributed by atoms with van der Waals surface area (Å²) >= 11 is 0. The van der Waals surface area contributed by atoms with Crippen LogP contribution in [0.25, 0.3) is 0 Å². The molecule has 5 N–H and O–H groups in total. The fourth-order valence-corrected chi connectivity index (χ4v) is 0.495. The maximum absolute atomic E-state index is 10.1. The largest absolute Gasteiger partial charge is 0.480 e. The number of carboxylic acid groups (broad SMARTS) is 1. The van der Waals surface area contributed by atoms with E-state index in [1.807, 2.05) is 0 Å². The van der Waals surface area contributed by atoms with E-state index in [2.05, 4.69) is 0 Å². The van der Waals surface area contributed by atoms with Gasteiger partial charge in [0.05, 0.1) is 0 Å². The minimum atomic E-state index is -0.967. The van der Waals surface area contributed by atoms with E-state index >= 15 is 0 Å². The maximum atomic E-state index is 10.1. The van der Waals surface area contributed by atoms with Crippen molar-refractivity contribution < 1.29 is 9.90 Å². The fraction of sp³-hybridized carbons (Fsp3) is 0.500. The topological polar surface area (TPSA) is 89.3 Å². The van der Waals surface area contributed by atoms with Crippen LogP contribution in [0.1, 0.15) is 12.8 Å². The van der Waals surface area contributed by atoms with Crippen LogP contribution in [0.3, 0.4) is 0 Å². The molecule has 0 spiro atoms. The molecular weight excluding hydrogens is 132 g/mol. The van der Waals surface area contributed by atoms with Gasteiger partial charge in [0, 0.05) is 0 Å². The molecule has 0 saturated heterocycles. The van der Waals surface area contributed by atoms with E-state index in [9.17, 15) is 4.79 Å². The standard InChI is InChI=1S/C6H12N2O2/c7-4-2-1-3-5(8)6(9)10/h2,4-5H,1,3,7-8H2,(H,9,10). The molecule has 0 aromatic rings. The molecule has 0 fully saturated rings. The van der Waals surface area contributed by atoms with E-state index in [-0.39, 0.29) is 0 Å². The SMILES string of the molecule is NC=CCCC(N)C(=O)O. The minimum absolute atomic E-state index is 0.434. The van der Waals surface area contributed by atoms with E-state index < -0.39 is 12.0 Å². The van der Waals surface area contributed by atoms with Gasteiger partial charge in [-0.15, -0.1) is 0 Å². The number of rotatable bonds is 4. The van der Waals surface area contributed by atoms with E-state index in [1.165, 1.54) is 6.20 Å². The highest BCUT2D eigenvalue weighted by atomic mass is 16.4. The van der Waals surface area contributed by atoms with Crippen molar-refractivity contribution >= 4 is 5.97 Å². The second-order valence-electron chi connectivity index (χ2n) is 1.95. The molecule has 58 valence electrons. The van der Waals surface area contributed by atoms with Crippen molar-refractivity contribution in [3.05, 3.63) is 12.3 Å². The summed E-state index contributed by atoms with van der Waals surface area (Å²) in [4.78, 5) is 10.1. The van der Waals surface area contributed by atoms with Gasteiger partial charge in [-0.2, -0.15) is 0 Å². The molecule has 0 radical (unpaired) electrons. The lowest BCUT2D eigenvalue weighted by Gasteiger charge is -2.01. The summed E-state index contributed by atoms with van der Waals surface area (Å²) < 4.78 is 0. The minimum Gasteiger partial charge on any atom is -0.480 e. The van der Waals surface area contributed by atoms with Crippen LogP contribution < -0.4 is 11.5 Å². The van der Waals surface area contributed by atoms with E-state index in [4.69, 9.17) is 16.6 Å². The van der Waals surface area contributed by atoms with Gasteiger partial charge < -0.3 is 16.6 Å². The molecule has 10 heavy (non-hydrogen) atoms. The summed E-state index contributed by atoms with van der Waals surface area (Å²) in [6, 6.07) is -0.767. The lowest BCUT2D eigenvalue weighted by atomic mass is 10.2. The Kier molecular flexibility index (Phi) is 4.32. The summed E-state index contributed by atoms with van der Waals surface area (Å²) in [5.74, 6) is -0.967. The first-order valence-electron chi connectivity index (χ1n) is 3.03. The Morgan fingerprint density at radius 3 is 2.70 bits per heavy atom. The van der Waals surface area contributed by atoms with E-state index in [0.717, 1.165) is 0 Å². The first kappa shape index (κ1) is 8.97. The smallest absolute Gasteiger partial charge is 0.320 e. The van der Waals surface area contributed by atoms with Crippen molar-refractivity contribution in [3.63, 3.8) is 0 Å². The van der Waals surface area contributed by atoms with Crippen molar-refractivity contribution in [3.8, 4) is 0 Å². The van der Waals surface area contributed by atoms with Gasteiger partial charge in [0.15, 0.2) is 0 Å². The lowest BCUT2D eigenvalue weighted by Crippen LogP contribution is -2.29. The predicted molar refractivity (Wildman–Crippen MR) is 38.2 cm³/mol. The molecule has 0 rings (SSSR count). The first-order chi connectivity index (χ1) is 4.68. The van der Waals surface area contributed by atoms with E-state index in [0.29, 0.717) is 12.8 Å². The molecule has 1 atom stereocenters. The Morgan fingerprint density at radius 2 is 2.30 bits per heavy atom. The van der Waals surface area contributed by atoms with Crippen molar-refractivity contribution in [2.24, 2.45) is 11.5 Å². The molecule has 0 amide bonds. The van der Waals surface area contributed by atoms with Gasteiger partial charge in [0.1, 0.15) is 6.04 Å². The highest BCUT2D eigenvalue weighted by Crippen LogP contribution is 1.94. The van der Waals surface area contributed by atoms with Gasteiger partial charge in [-0.3, -0.25) is 4.79 Å². The second-order valence-corrected chi connectivity index (χ2v) is 1.95. The fourth-order valence-electron chi connectivity index (χ4n) is 0.495. The summed E-state index contributed by atoms with van der Waals surface area (Å²) in [6.07, 6.45) is 4.12. The molecule has 0 saturated carbocycles. The molecule has 4 nitrogen and oxygen atoms in total. The Labute approximate surface area is 59.5 Å². The highest BCUT2D eigenvalue weighted by Gasteiger charge is 2.08. The van der Waals surface area contributed by atoms with Crippen LogP contribution in [0.4, 0.5) is 0 Å². The molecule has 0 aromatic carbocycles. The molecule has 0 aliphatic rings. The quantitative estimate of drug-likeness (QED) is 0.503. The van der Waals surface area contributed by atoms with Crippen molar-refractivity contribution in [2.75, 3.05) is 0 Å². The Hall–Kier alpha value is -1.03. The van der Waals surface area contributed by atoms with Crippen LogP contribution in [-0.2, 0) is 4.79 Å². The molecular formula is C6H12N2O2. The Bertz CT molecular complexity index is 134. The third-order valence-electron chi connectivity index (χ3n) is 1.10. The van der Waals surface area contributed by atoms with Gasteiger partial charge >= 0.3 is 5.97 Å².